The zero-order valence-electron chi connectivity index (χ0n) is 11.7. The van der Waals surface area contributed by atoms with Crippen LogP contribution in [0.15, 0.2) is 36.4 Å². The smallest absolute Gasteiger partial charge is 0.00663 e. The van der Waals surface area contributed by atoms with E-state index in [0.29, 0.717) is 5.92 Å². The number of alkyl halides is 1. The number of benzene rings is 1. The highest BCUT2D eigenvalue weighted by Crippen LogP contribution is 2.24. The fraction of sp³-hybridized carbons (Fsp3) is 0.412. The summed E-state index contributed by atoms with van der Waals surface area (Å²) in [6, 6.07) is 13.3. The van der Waals surface area contributed by atoms with Crippen molar-refractivity contribution in [1.29, 1.82) is 0 Å². The van der Waals surface area contributed by atoms with Crippen LogP contribution in [0.3, 0.4) is 0 Å². The Bertz CT molecular complexity index is 515. The molecule has 0 aliphatic carbocycles. The van der Waals surface area contributed by atoms with E-state index in [0.717, 1.165) is 18.2 Å². The molecule has 1 heterocycles. The van der Waals surface area contributed by atoms with Crippen LogP contribution in [0.2, 0.25) is 0 Å². The molecule has 0 bridgehead atoms. The average Bonchev–Trinajstić information content (AvgIpc) is 2.88. The molecule has 1 unspecified atom stereocenters. The minimum Gasteiger partial charge on any atom is -0.145 e. The molecule has 2 aromatic rings. The first-order chi connectivity index (χ1) is 9.22. The third-order valence-corrected chi connectivity index (χ3v) is 5.71. The highest BCUT2D eigenvalue weighted by Gasteiger charge is 2.12. The molecule has 0 amide bonds. The van der Waals surface area contributed by atoms with Gasteiger partial charge in [0.15, 0.2) is 0 Å². The molecule has 1 aromatic carbocycles. The van der Waals surface area contributed by atoms with E-state index < -0.39 is 0 Å². The number of rotatable bonds is 6. The van der Waals surface area contributed by atoms with Gasteiger partial charge in [0.1, 0.15) is 0 Å². The van der Waals surface area contributed by atoms with Crippen LogP contribution in [0.4, 0.5) is 0 Å². The van der Waals surface area contributed by atoms with E-state index >= 15 is 0 Å². The minimum atomic E-state index is 0.685. The molecule has 1 aromatic heterocycles. The highest BCUT2D eigenvalue weighted by atomic mass is 79.9. The van der Waals surface area contributed by atoms with Crippen LogP contribution in [0.25, 0.3) is 0 Å². The number of hydrogen-bond donors (Lipinski definition) is 0. The van der Waals surface area contributed by atoms with E-state index in [9.17, 15) is 0 Å². The minimum absolute atomic E-state index is 0.685. The second-order valence-electron chi connectivity index (χ2n) is 5.08. The Hall–Kier alpha value is -0.600. The largest absolute Gasteiger partial charge is 0.145 e. The van der Waals surface area contributed by atoms with E-state index in [1.807, 2.05) is 11.3 Å². The first-order valence-corrected chi connectivity index (χ1v) is 8.84. The zero-order valence-corrected chi connectivity index (χ0v) is 14.1. The van der Waals surface area contributed by atoms with Gasteiger partial charge in [0, 0.05) is 15.1 Å². The highest BCUT2D eigenvalue weighted by molar-refractivity contribution is 9.09. The molecular formula is C17H21BrS. The van der Waals surface area contributed by atoms with Gasteiger partial charge in [-0.25, -0.2) is 0 Å². The molecule has 19 heavy (non-hydrogen) atoms. The predicted octanol–water partition coefficient (Wildman–Crippen LogP) is 5.42. The van der Waals surface area contributed by atoms with Gasteiger partial charge in [0.25, 0.3) is 0 Å². The molecule has 0 aliphatic heterocycles. The van der Waals surface area contributed by atoms with Crippen LogP contribution >= 0.6 is 27.3 Å². The number of thiophene rings is 1. The third kappa shape index (κ3) is 4.19. The topological polar surface area (TPSA) is 0 Å². The van der Waals surface area contributed by atoms with Crippen LogP contribution in [0.1, 0.15) is 27.8 Å². The van der Waals surface area contributed by atoms with Gasteiger partial charge in [-0.05, 0) is 55.4 Å². The Labute approximate surface area is 129 Å². The molecule has 0 radical (unpaired) electrons. The van der Waals surface area contributed by atoms with E-state index in [-0.39, 0.29) is 0 Å². The fourth-order valence-electron chi connectivity index (χ4n) is 2.34. The summed E-state index contributed by atoms with van der Waals surface area (Å²) in [5.41, 5.74) is 2.90. The SMILES string of the molecule is CCc1ccc(CC(CBr)Cc2ccccc2C)s1. The molecule has 0 fully saturated rings. The molecule has 0 nitrogen and oxygen atoms in total. The third-order valence-electron chi connectivity index (χ3n) is 3.54. The lowest BCUT2D eigenvalue weighted by Gasteiger charge is -2.14. The number of halogens is 1. The molecule has 0 aliphatic rings. The van der Waals surface area contributed by atoms with Crippen molar-refractivity contribution in [3.63, 3.8) is 0 Å². The maximum atomic E-state index is 3.68. The summed E-state index contributed by atoms with van der Waals surface area (Å²) >= 11 is 5.65. The van der Waals surface area contributed by atoms with Crippen LogP contribution in [0.5, 0.6) is 0 Å². The van der Waals surface area contributed by atoms with Gasteiger partial charge in [-0.3, -0.25) is 0 Å². The van der Waals surface area contributed by atoms with Crippen LogP contribution in [-0.4, -0.2) is 5.33 Å². The molecule has 0 N–H and O–H groups in total. The van der Waals surface area contributed by atoms with Crippen molar-refractivity contribution in [2.24, 2.45) is 5.92 Å². The Morgan fingerprint density at radius 1 is 1.05 bits per heavy atom. The van der Waals surface area contributed by atoms with Gasteiger partial charge in [0.05, 0.1) is 0 Å². The zero-order chi connectivity index (χ0) is 13.7. The van der Waals surface area contributed by atoms with Gasteiger partial charge in [-0.2, -0.15) is 0 Å². The van der Waals surface area contributed by atoms with Gasteiger partial charge in [-0.15, -0.1) is 11.3 Å². The van der Waals surface area contributed by atoms with Crippen LogP contribution < -0.4 is 0 Å². The Balaban J connectivity index is 2.02. The van der Waals surface area contributed by atoms with E-state index in [2.05, 4.69) is 66.2 Å². The molecule has 2 heteroatoms. The van der Waals surface area contributed by atoms with Crippen LogP contribution in [0, 0.1) is 12.8 Å². The monoisotopic (exact) mass is 336 g/mol. The Morgan fingerprint density at radius 2 is 1.79 bits per heavy atom. The number of hydrogen-bond acceptors (Lipinski definition) is 1. The van der Waals surface area contributed by atoms with Gasteiger partial charge in [0.2, 0.25) is 0 Å². The summed E-state index contributed by atoms with van der Waals surface area (Å²) in [5, 5.41) is 1.07. The Morgan fingerprint density at radius 3 is 2.42 bits per heavy atom. The average molecular weight is 337 g/mol. The fourth-order valence-corrected chi connectivity index (χ4v) is 3.87. The van der Waals surface area contributed by atoms with Gasteiger partial charge >= 0.3 is 0 Å². The lowest BCUT2D eigenvalue weighted by Crippen LogP contribution is -2.10. The lowest BCUT2D eigenvalue weighted by atomic mass is 9.95. The lowest BCUT2D eigenvalue weighted by molar-refractivity contribution is 0.595. The van der Waals surface area contributed by atoms with Crippen molar-refractivity contribution in [3.8, 4) is 0 Å². The van der Waals surface area contributed by atoms with Crippen molar-refractivity contribution in [1.82, 2.24) is 0 Å². The second-order valence-corrected chi connectivity index (χ2v) is 6.98. The predicted molar refractivity (Wildman–Crippen MR) is 89.6 cm³/mol. The summed E-state index contributed by atoms with van der Waals surface area (Å²) < 4.78 is 0. The van der Waals surface area contributed by atoms with Crippen molar-refractivity contribution in [2.45, 2.75) is 33.1 Å². The van der Waals surface area contributed by atoms with Gasteiger partial charge < -0.3 is 0 Å². The first-order valence-electron chi connectivity index (χ1n) is 6.91. The first kappa shape index (κ1) is 14.8. The quantitative estimate of drug-likeness (QED) is 0.618. The van der Waals surface area contributed by atoms with Crippen molar-refractivity contribution in [2.75, 3.05) is 5.33 Å². The molecule has 1 atom stereocenters. The Kier molecular flexibility index (Phi) is 5.65. The summed E-state index contributed by atoms with van der Waals surface area (Å²) in [4.78, 5) is 3.02. The van der Waals surface area contributed by atoms with Crippen molar-refractivity contribution >= 4 is 27.3 Å². The maximum absolute atomic E-state index is 3.68. The molecule has 0 saturated heterocycles. The molecule has 0 saturated carbocycles. The maximum Gasteiger partial charge on any atom is 0.00663 e. The van der Waals surface area contributed by atoms with E-state index in [4.69, 9.17) is 0 Å². The molecular weight excluding hydrogens is 316 g/mol. The van der Waals surface area contributed by atoms with Gasteiger partial charge in [-0.1, -0.05) is 47.1 Å². The second kappa shape index (κ2) is 7.25. The summed E-state index contributed by atoms with van der Waals surface area (Å²) in [5.74, 6) is 0.685. The van der Waals surface area contributed by atoms with Crippen molar-refractivity contribution < 1.29 is 0 Å². The molecule has 0 spiro atoms. The summed E-state index contributed by atoms with van der Waals surface area (Å²) in [6.45, 7) is 4.44. The standard InChI is InChI=1S/C17H21BrS/c1-3-16-8-9-17(19-16)11-14(12-18)10-15-7-5-4-6-13(15)2/h4-9,14H,3,10-12H2,1-2H3. The molecule has 102 valence electrons. The normalized spacial score (nSPS) is 12.6. The van der Waals surface area contributed by atoms with E-state index in [1.165, 1.54) is 27.3 Å². The van der Waals surface area contributed by atoms with E-state index in [1.54, 1.807) is 0 Å². The number of aryl methyl sites for hydroxylation is 2. The molecule has 2 rings (SSSR count). The summed E-state index contributed by atoms with van der Waals surface area (Å²) in [7, 11) is 0. The van der Waals surface area contributed by atoms with Crippen molar-refractivity contribution in [3.05, 3.63) is 57.3 Å². The summed E-state index contributed by atoms with van der Waals surface area (Å²) in [6.07, 6.45) is 3.50. The van der Waals surface area contributed by atoms with Crippen LogP contribution in [-0.2, 0) is 19.3 Å².